The fourth-order valence-electron chi connectivity index (χ4n) is 0.952. The molecular weight excluding hydrogens is 144 g/mol. The fourth-order valence-corrected chi connectivity index (χ4v) is 2.43. The van der Waals surface area contributed by atoms with Crippen LogP contribution in [0.1, 0.15) is 6.92 Å². The van der Waals surface area contributed by atoms with E-state index in [1.165, 1.54) is 0 Å². The minimum atomic E-state index is -1.71. The second kappa shape index (κ2) is 4.84. The third kappa shape index (κ3) is 4.00. The Labute approximate surface area is 64.1 Å². The highest BCUT2D eigenvalue weighted by Gasteiger charge is 2.15. The van der Waals surface area contributed by atoms with Crippen LogP contribution < -0.4 is 11.5 Å². The Hall–Kier alpha value is 0.0969. The topological polar surface area (TPSA) is 71.9 Å². The summed E-state index contributed by atoms with van der Waals surface area (Å²) in [6.07, 6.45) is 0. The van der Waals surface area contributed by atoms with E-state index in [0.717, 1.165) is 6.04 Å². The molecule has 0 fully saturated rings. The molecule has 0 aromatic heterocycles. The molecule has 61 valence electrons. The standard InChI is InChI=1S/C6H17N2OSi/c1-5(8)6(3-7)4-10(2)9/h5-6,10H,3-4,7-8H2,1-2H3. The molecule has 0 aliphatic carbocycles. The molecule has 0 spiro atoms. The van der Waals surface area contributed by atoms with Crippen LogP contribution in [0, 0.1) is 5.92 Å². The Morgan fingerprint density at radius 3 is 2.20 bits per heavy atom. The van der Waals surface area contributed by atoms with Gasteiger partial charge in [-0.05, 0) is 32.0 Å². The van der Waals surface area contributed by atoms with E-state index < -0.39 is 9.04 Å². The van der Waals surface area contributed by atoms with Crippen molar-refractivity contribution in [2.45, 2.75) is 25.6 Å². The van der Waals surface area contributed by atoms with Gasteiger partial charge in [0.2, 0.25) is 9.04 Å². The van der Waals surface area contributed by atoms with Crippen LogP contribution in [0.5, 0.6) is 0 Å². The first-order valence-corrected chi connectivity index (χ1v) is 6.13. The maximum absolute atomic E-state index is 10.8. The largest absolute Gasteiger partial charge is 0.330 e. The Morgan fingerprint density at radius 2 is 2.10 bits per heavy atom. The van der Waals surface area contributed by atoms with Crippen LogP contribution in [-0.4, -0.2) is 21.6 Å². The molecule has 0 rings (SSSR count). The van der Waals surface area contributed by atoms with Crippen molar-refractivity contribution >= 4 is 9.04 Å². The summed E-state index contributed by atoms with van der Waals surface area (Å²) in [5, 5.41) is 0. The highest BCUT2D eigenvalue weighted by Crippen LogP contribution is 2.07. The van der Waals surface area contributed by atoms with Gasteiger partial charge in [-0.1, -0.05) is 0 Å². The van der Waals surface area contributed by atoms with Crippen LogP contribution in [0.25, 0.3) is 0 Å². The van der Waals surface area contributed by atoms with Gasteiger partial charge in [0.15, 0.2) is 0 Å². The summed E-state index contributed by atoms with van der Waals surface area (Å²) in [4.78, 5) is 10.8. The Kier molecular flexibility index (Phi) is 4.89. The van der Waals surface area contributed by atoms with Crippen molar-refractivity contribution < 1.29 is 4.80 Å². The molecule has 0 amide bonds. The molecule has 0 saturated heterocycles. The van der Waals surface area contributed by atoms with Crippen molar-refractivity contribution in [3.63, 3.8) is 0 Å². The predicted octanol–water partition coefficient (Wildman–Crippen LogP) is -0.307. The van der Waals surface area contributed by atoms with Gasteiger partial charge in [0.25, 0.3) is 0 Å². The average Bonchev–Trinajstić information content (AvgIpc) is 1.81. The molecule has 0 aliphatic heterocycles. The summed E-state index contributed by atoms with van der Waals surface area (Å²) in [7, 11) is -1.71. The minimum absolute atomic E-state index is 0.0777. The number of hydrogen-bond acceptors (Lipinski definition) is 2. The quantitative estimate of drug-likeness (QED) is 0.555. The molecular formula is C6H17N2OSi. The van der Waals surface area contributed by atoms with Gasteiger partial charge in [-0.2, -0.15) is 0 Å². The monoisotopic (exact) mass is 161 g/mol. The lowest BCUT2D eigenvalue weighted by molar-refractivity contribution is 0.416. The van der Waals surface area contributed by atoms with Gasteiger partial charge in [0.05, 0.1) is 0 Å². The second-order valence-corrected chi connectivity index (χ2v) is 4.99. The Balaban J connectivity index is 3.60. The fraction of sp³-hybridized carbons (Fsp3) is 1.00. The zero-order valence-electron chi connectivity index (χ0n) is 6.71. The van der Waals surface area contributed by atoms with Crippen molar-refractivity contribution in [1.82, 2.24) is 0 Å². The second-order valence-electron chi connectivity index (χ2n) is 2.90. The summed E-state index contributed by atoms with van der Waals surface area (Å²) >= 11 is 0. The Morgan fingerprint density at radius 1 is 1.60 bits per heavy atom. The van der Waals surface area contributed by atoms with E-state index in [4.69, 9.17) is 11.5 Å². The van der Waals surface area contributed by atoms with E-state index in [0.29, 0.717) is 6.54 Å². The molecule has 0 aliphatic rings. The first-order valence-electron chi connectivity index (χ1n) is 3.69. The van der Waals surface area contributed by atoms with Crippen LogP contribution in [0.4, 0.5) is 0 Å². The van der Waals surface area contributed by atoms with Gasteiger partial charge in [0, 0.05) is 6.04 Å². The van der Waals surface area contributed by atoms with Gasteiger partial charge < -0.3 is 16.3 Å². The van der Waals surface area contributed by atoms with Gasteiger partial charge in [-0.25, -0.2) is 0 Å². The molecule has 3 atom stereocenters. The van der Waals surface area contributed by atoms with E-state index in [-0.39, 0.29) is 12.0 Å². The first-order chi connectivity index (χ1) is 4.57. The average molecular weight is 161 g/mol. The van der Waals surface area contributed by atoms with Crippen LogP contribution in [0.2, 0.25) is 12.6 Å². The SMILES string of the molecule is CC(N)C(CN)C[SiH](C)[O]. The zero-order chi connectivity index (χ0) is 8.15. The van der Waals surface area contributed by atoms with Gasteiger partial charge in [-0.15, -0.1) is 0 Å². The van der Waals surface area contributed by atoms with E-state index in [1.54, 1.807) is 6.55 Å². The molecule has 1 radical (unpaired) electrons. The molecule has 10 heavy (non-hydrogen) atoms. The molecule has 0 aromatic carbocycles. The first kappa shape index (κ1) is 10.1. The van der Waals surface area contributed by atoms with E-state index in [2.05, 4.69) is 0 Å². The molecule has 4 heteroatoms. The summed E-state index contributed by atoms with van der Waals surface area (Å²) in [5.74, 6) is 0.249. The third-order valence-electron chi connectivity index (χ3n) is 1.68. The lowest BCUT2D eigenvalue weighted by Gasteiger charge is -2.18. The summed E-state index contributed by atoms with van der Waals surface area (Å²) < 4.78 is 0. The lowest BCUT2D eigenvalue weighted by atomic mass is 10.1. The third-order valence-corrected chi connectivity index (χ3v) is 2.95. The Bertz CT molecular complexity index is 87.8. The molecule has 3 unspecified atom stereocenters. The molecule has 0 bridgehead atoms. The number of hydrogen-bond donors (Lipinski definition) is 2. The molecule has 3 nitrogen and oxygen atoms in total. The van der Waals surface area contributed by atoms with Crippen molar-refractivity contribution in [1.29, 1.82) is 0 Å². The molecule has 0 saturated carbocycles. The summed E-state index contributed by atoms with van der Waals surface area (Å²) in [6.45, 7) is 4.25. The van der Waals surface area contributed by atoms with Crippen molar-refractivity contribution in [3.8, 4) is 0 Å². The van der Waals surface area contributed by atoms with Crippen molar-refractivity contribution in [2.75, 3.05) is 6.54 Å². The molecule has 0 heterocycles. The van der Waals surface area contributed by atoms with Gasteiger partial charge >= 0.3 is 0 Å². The van der Waals surface area contributed by atoms with E-state index in [1.807, 2.05) is 6.92 Å². The highest BCUT2D eigenvalue weighted by atomic mass is 28.3. The van der Waals surface area contributed by atoms with E-state index in [9.17, 15) is 4.80 Å². The van der Waals surface area contributed by atoms with Gasteiger partial charge in [-0.3, -0.25) is 0 Å². The zero-order valence-corrected chi connectivity index (χ0v) is 7.86. The van der Waals surface area contributed by atoms with Gasteiger partial charge in [0.1, 0.15) is 0 Å². The number of nitrogens with two attached hydrogens (primary N) is 2. The smallest absolute Gasteiger partial charge is 0.219 e. The predicted molar refractivity (Wildman–Crippen MR) is 44.7 cm³/mol. The lowest BCUT2D eigenvalue weighted by Crippen LogP contribution is -2.34. The highest BCUT2D eigenvalue weighted by molar-refractivity contribution is 6.48. The van der Waals surface area contributed by atoms with Crippen LogP contribution >= 0.6 is 0 Å². The molecule has 0 aromatic rings. The summed E-state index contributed by atoms with van der Waals surface area (Å²) in [6, 6.07) is 0.808. The normalized spacial score (nSPS) is 20.1. The van der Waals surface area contributed by atoms with Crippen molar-refractivity contribution in [2.24, 2.45) is 17.4 Å². The molecule has 4 N–H and O–H groups in total. The number of rotatable bonds is 4. The van der Waals surface area contributed by atoms with Crippen molar-refractivity contribution in [3.05, 3.63) is 0 Å². The van der Waals surface area contributed by atoms with Crippen LogP contribution in [0.15, 0.2) is 0 Å². The summed E-state index contributed by atoms with van der Waals surface area (Å²) in [5.41, 5.74) is 11.0. The van der Waals surface area contributed by atoms with E-state index >= 15 is 0 Å². The van der Waals surface area contributed by atoms with Crippen LogP contribution in [0.3, 0.4) is 0 Å². The minimum Gasteiger partial charge on any atom is -0.330 e. The van der Waals surface area contributed by atoms with Crippen LogP contribution in [-0.2, 0) is 4.80 Å². The maximum Gasteiger partial charge on any atom is 0.219 e. The maximum atomic E-state index is 10.8.